The van der Waals surface area contributed by atoms with Gasteiger partial charge in [0.1, 0.15) is 4.32 Å². The van der Waals surface area contributed by atoms with Crippen LogP contribution in [0.15, 0.2) is 21.5 Å². The largest absolute Gasteiger partial charge is 0.503 e. The number of carbonyl (C=O) groups excluding carboxylic acids is 1. The second kappa shape index (κ2) is 5.94. The molecule has 1 fully saturated rings. The minimum Gasteiger partial charge on any atom is -0.503 e. The number of phenolic OH excluding ortho intramolecular Hbond substituents is 1. The van der Waals surface area contributed by atoms with Crippen LogP contribution in [0, 0.1) is 0 Å². The molecule has 2 N–H and O–H groups in total. The molecule has 0 atom stereocenters. The van der Waals surface area contributed by atoms with Crippen LogP contribution in [0.3, 0.4) is 0 Å². The fourth-order valence-electron chi connectivity index (χ4n) is 1.52. The van der Waals surface area contributed by atoms with Crippen LogP contribution < -0.4 is 10.1 Å². The third kappa shape index (κ3) is 3.29. The van der Waals surface area contributed by atoms with Crippen LogP contribution in [0.5, 0.6) is 11.5 Å². The van der Waals surface area contributed by atoms with Crippen LogP contribution in [-0.4, -0.2) is 21.9 Å². The Balaban J connectivity index is 2.38. The number of thiocarbonyl (C=S) groups is 1. The Morgan fingerprint density at radius 2 is 2.32 bits per heavy atom. The molecule has 0 aromatic heterocycles. The van der Waals surface area contributed by atoms with Crippen LogP contribution in [0.1, 0.15) is 12.5 Å². The van der Waals surface area contributed by atoms with Gasteiger partial charge < -0.3 is 15.2 Å². The van der Waals surface area contributed by atoms with Gasteiger partial charge in [0.05, 0.1) is 16.0 Å². The number of halogens is 1. The summed E-state index contributed by atoms with van der Waals surface area (Å²) in [7, 11) is 0. The fourth-order valence-corrected chi connectivity index (χ4v) is 3.02. The van der Waals surface area contributed by atoms with Crippen LogP contribution in [0.4, 0.5) is 0 Å². The van der Waals surface area contributed by atoms with Crippen molar-refractivity contribution in [2.45, 2.75) is 6.92 Å². The van der Waals surface area contributed by atoms with E-state index in [-0.39, 0.29) is 11.7 Å². The monoisotopic (exact) mass is 359 g/mol. The van der Waals surface area contributed by atoms with Crippen LogP contribution in [0.2, 0.25) is 0 Å². The van der Waals surface area contributed by atoms with Crippen molar-refractivity contribution in [2.75, 3.05) is 6.61 Å². The summed E-state index contributed by atoms with van der Waals surface area (Å²) in [6.07, 6.45) is 1.70. The molecule has 1 aromatic rings. The highest BCUT2D eigenvalue weighted by atomic mass is 79.9. The van der Waals surface area contributed by atoms with E-state index in [0.29, 0.717) is 26.1 Å². The van der Waals surface area contributed by atoms with Gasteiger partial charge >= 0.3 is 0 Å². The average Bonchev–Trinajstić information content (AvgIpc) is 2.64. The average molecular weight is 360 g/mol. The number of rotatable bonds is 3. The number of hydrogen-bond donors (Lipinski definition) is 2. The van der Waals surface area contributed by atoms with E-state index in [0.717, 1.165) is 5.56 Å². The lowest BCUT2D eigenvalue weighted by Gasteiger charge is -2.08. The third-order valence-electron chi connectivity index (χ3n) is 2.29. The van der Waals surface area contributed by atoms with Crippen molar-refractivity contribution >= 4 is 56.2 Å². The summed E-state index contributed by atoms with van der Waals surface area (Å²) in [6, 6.07) is 3.38. The zero-order valence-electron chi connectivity index (χ0n) is 9.90. The van der Waals surface area contributed by atoms with E-state index in [9.17, 15) is 9.90 Å². The molecule has 1 heterocycles. The number of hydrogen-bond acceptors (Lipinski definition) is 5. The zero-order valence-corrected chi connectivity index (χ0v) is 13.1. The van der Waals surface area contributed by atoms with Gasteiger partial charge in [0, 0.05) is 0 Å². The van der Waals surface area contributed by atoms with Gasteiger partial charge in [-0.3, -0.25) is 4.79 Å². The van der Waals surface area contributed by atoms with E-state index in [2.05, 4.69) is 21.2 Å². The Morgan fingerprint density at radius 1 is 1.58 bits per heavy atom. The third-order valence-corrected chi connectivity index (χ3v) is 4.06. The molecular formula is C12H10BrNO3S2. The first-order chi connectivity index (χ1) is 9.01. The van der Waals surface area contributed by atoms with Crippen LogP contribution in [-0.2, 0) is 4.79 Å². The molecule has 0 radical (unpaired) electrons. The van der Waals surface area contributed by atoms with Crippen molar-refractivity contribution < 1.29 is 14.6 Å². The van der Waals surface area contributed by atoms with Gasteiger partial charge in [0.25, 0.3) is 5.91 Å². The SMILES string of the molecule is CCOc1cc(/C=C2\SC(=S)NC2=O)cc(Br)c1O. The van der Waals surface area contributed by atoms with Crippen molar-refractivity contribution in [3.8, 4) is 11.5 Å². The second-order valence-electron chi connectivity index (χ2n) is 3.63. The maximum absolute atomic E-state index is 11.6. The molecule has 7 heteroatoms. The minimum atomic E-state index is -0.211. The van der Waals surface area contributed by atoms with Crippen molar-refractivity contribution in [1.82, 2.24) is 5.32 Å². The molecule has 1 amide bonds. The molecule has 1 aromatic carbocycles. The number of nitrogens with one attached hydrogen (secondary N) is 1. The van der Waals surface area contributed by atoms with E-state index >= 15 is 0 Å². The highest BCUT2D eigenvalue weighted by molar-refractivity contribution is 9.10. The van der Waals surface area contributed by atoms with Gasteiger partial charge in [-0.2, -0.15) is 0 Å². The molecule has 100 valence electrons. The topological polar surface area (TPSA) is 58.6 Å². The summed E-state index contributed by atoms with van der Waals surface area (Å²) in [5.74, 6) is 0.204. The molecule has 2 rings (SSSR count). The summed E-state index contributed by atoms with van der Waals surface area (Å²) < 4.78 is 6.28. The van der Waals surface area contributed by atoms with Gasteiger partial charge in [-0.25, -0.2) is 0 Å². The van der Waals surface area contributed by atoms with E-state index in [1.54, 1.807) is 18.2 Å². The maximum atomic E-state index is 11.6. The predicted octanol–water partition coefficient (Wildman–Crippen LogP) is 3.04. The second-order valence-corrected chi connectivity index (χ2v) is 6.21. The smallest absolute Gasteiger partial charge is 0.263 e. The number of amides is 1. The molecule has 0 spiro atoms. The van der Waals surface area contributed by atoms with Crippen molar-refractivity contribution in [3.05, 3.63) is 27.1 Å². The highest BCUT2D eigenvalue weighted by Crippen LogP contribution is 2.37. The van der Waals surface area contributed by atoms with Crippen LogP contribution in [0.25, 0.3) is 6.08 Å². The van der Waals surface area contributed by atoms with Gasteiger partial charge in [-0.05, 0) is 46.6 Å². The van der Waals surface area contributed by atoms with E-state index in [1.165, 1.54) is 11.8 Å². The van der Waals surface area contributed by atoms with Crippen LogP contribution >= 0.6 is 39.9 Å². The standard InChI is InChI=1S/C12H10BrNO3S2/c1-2-17-8-4-6(3-7(13)10(8)15)5-9-11(16)14-12(18)19-9/h3-5,15H,2H2,1H3,(H,14,16,18)/b9-5-. The summed E-state index contributed by atoms with van der Waals surface area (Å²) in [4.78, 5) is 12.1. The predicted molar refractivity (Wildman–Crippen MR) is 83.3 cm³/mol. The number of phenols is 1. The number of thioether (sulfide) groups is 1. The first kappa shape index (κ1) is 14.4. The zero-order chi connectivity index (χ0) is 14.0. The van der Waals surface area contributed by atoms with Gasteiger partial charge in [-0.1, -0.05) is 24.0 Å². The van der Waals surface area contributed by atoms with E-state index < -0.39 is 0 Å². The lowest BCUT2D eigenvalue weighted by Crippen LogP contribution is -2.17. The molecule has 1 aliphatic heterocycles. The summed E-state index contributed by atoms with van der Waals surface area (Å²) >= 11 is 9.38. The fraction of sp³-hybridized carbons (Fsp3) is 0.167. The molecule has 0 unspecified atom stereocenters. The Hall–Kier alpha value is -1.05. The van der Waals surface area contributed by atoms with Gasteiger partial charge in [0.2, 0.25) is 0 Å². The molecule has 1 saturated heterocycles. The number of carbonyl (C=O) groups is 1. The number of aromatic hydroxyl groups is 1. The highest BCUT2D eigenvalue weighted by Gasteiger charge is 2.22. The molecule has 0 aliphatic carbocycles. The Labute approximate surface area is 128 Å². The van der Waals surface area contributed by atoms with Gasteiger partial charge in [0.15, 0.2) is 11.5 Å². The lowest BCUT2D eigenvalue weighted by atomic mass is 10.2. The Morgan fingerprint density at radius 3 is 2.89 bits per heavy atom. The summed E-state index contributed by atoms with van der Waals surface area (Å²) in [5, 5.41) is 12.4. The number of benzene rings is 1. The Kier molecular flexibility index (Phi) is 4.49. The first-order valence-corrected chi connectivity index (χ1v) is 7.43. The molecule has 1 aliphatic rings. The van der Waals surface area contributed by atoms with Crippen molar-refractivity contribution in [1.29, 1.82) is 0 Å². The molecule has 0 saturated carbocycles. The maximum Gasteiger partial charge on any atom is 0.263 e. The minimum absolute atomic E-state index is 0.0445. The summed E-state index contributed by atoms with van der Waals surface area (Å²) in [6.45, 7) is 2.27. The van der Waals surface area contributed by atoms with Crippen molar-refractivity contribution in [2.24, 2.45) is 0 Å². The summed E-state index contributed by atoms with van der Waals surface area (Å²) in [5.41, 5.74) is 0.746. The lowest BCUT2D eigenvalue weighted by molar-refractivity contribution is -0.115. The molecule has 19 heavy (non-hydrogen) atoms. The first-order valence-electron chi connectivity index (χ1n) is 5.41. The number of ether oxygens (including phenoxy) is 1. The molecule has 4 nitrogen and oxygen atoms in total. The molecule has 0 bridgehead atoms. The normalized spacial score (nSPS) is 16.8. The van der Waals surface area contributed by atoms with E-state index in [1.807, 2.05) is 6.92 Å². The van der Waals surface area contributed by atoms with Crippen molar-refractivity contribution in [3.63, 3.8) is 0 Å². The molecular weight excluding hydrogens is 350 g/mol. The van der Waals surface area contributed by atoms with E-state index in [4.69, 9.17) is 17.0 Å². The Bertz CT molecular complexity index is 587. The quantitative estimate of drug-likeness (QED) is 0.641. The van der Waals surface area contributed by atoms with Gasteiger partial charge in [-0.15, -0.1) is 0 Å².